The van der Waals surface area contributed by atoms with Crippen LogP contribution in [0.5, 0.6) is 0 Å². The van der Waals surface area contributed by atoms with E-state index in [1.807, 2.05) is 11.3 Å². The van der Waals surface area contributed by atoms with Crippen molar-refractivity contribution < 1.29 is 0 Å². The summed E-state index contributed by atoms with van der Waals surface area (Å²) in [6, 6.07) is 18.0. The molecule has 4 aromatic rings. The van der Waals surface area contributed by atoms with Gasteiger partial charge >= 0.3 is 0 Å². The van der Waals surface area contributed by atoms with Gasteiger partial charge in [0, 0.05) is 31.9 Å². The Balaban J connectivity index is 1.90. The van der Waals surface area contributed by atoms with E-state index in [0.717, 1.165) is 6.42 Å². The molecule has 0 N–H and O–H groups in total. The number of hydrogen-bond donors (Lipinski definition) is 0. The van der Waals surface area contributed by atoms with Gasteiger partial charge in [-0.1, -0.05) is 63.8 Å². The Bertz CT molecular complexity index is 1120. The lowest BCUT2D eigenvalue weighted by Crippen LogP contribution is -2.40. The van der Waals surface area contributed by atoms with Gasteiger partial charge in [-0.2, -0.15) is 0 Å². The zero-order valence-electron chi connectivity index (χ0n) is 16.8. The molecule has 0 bridgehead atoms. The Kier molecular flexibility index (Phi) is 4.69. The molecule has 0 unspecified atom stereocenters. The van der Waals surface area contributed by atoms with Crippen LogP contribution in [0.4, 0.5) is 0 Å². The number of hydrogen-bond acceptors (Lipinski definition) is 2. The highest BCUT2D eigenvalue weighted by Crippen LogP contribution is 2.36. The SMILES string of the molecule is CC(C)Cc1cnc(-c2ccc3sc4ccccc4c3c2)c([Si](C)(C)C)c1. The molecule has 0 aliphatic heterocycles. The number of nitrogens with zero attached hydrogens (tertiary/aromatic N) is 1. The van der Waals surface area contributed by atoms with E-state index in [1.165, 1.54) is 42.2 Å². The van der Waals surface area contributed by atoms with Gasteiger partial charge in [-0.25, -0.2) is 0 Å². The highest BCUT2D eigenvalue weighted by Gasteiger charge is 2.23. The first-order valence-corrected chi connectivity index (χ1v) is 14.1. The average molecular weight is 390 g/mol. The van der Waals surface area contributed by atoms with Crippen LogP contribution in [-0.4, -0.2) is 13.1 Å². The zero-order valence-corrected chi connectivity index (χ0v) is 18.7. The molecule has 2 aromatic heterocycles. The highest BCUT2D eigenvalue weighted by atomic mass is 32.1. The molecule has 1 nitrogen and oxygen atoms in total. The molecular formula is C24H27NSSi. The minimum atomic E-state index is -1.51. The fourth-order valence-corrected chi connectivity index (χ4v) is 6.39. The van der Waals surface area contributed by atoms with Crippen molar-refractivity contribution in [3.8, 4) is 11.3 Å². The van der Waals surface area contributed by atoms with Gasteiger partial charge in [0.1, 0.15) is 0 Å². The number of rotatable bonds is 4. The minimum absolute atomic E-state index is 0.653. The van der Waals surface area contributed by atoms with E-state index < -0.39 is 8.07 Å². The molecule has 0 fully saturated rings. The molecule has 0 radical (unpaired) electrons. The normalized spacial score (nSPS) is 12.4. The molecule has 2 aromatic carbocycles. The Hall–Kier alpha value is -1.97. The predicted octanol–water partition coefficient (Wildman–Crippen LogP) is 6.86. The number of aromatic nitrogens is 1. The van der Waals surface area contributed by atoms with E-state index in [4.69, 9.17) is 4.98 Å². The van der Waals surface area contributed by atoms with E-state index in [0.29, 0.717) is 5.92 Å². The summed E-state index contributed by atoms with van der Waals surface area (Å²) in [6.07, 6.45) is 3.19. The van der Waals surface area contributed by atoms with Crippen molar-refractivity contribution in [1.29, 1.82) is 0 Å². The maximum Gasteiger partial charge on any atom is 0.0804 e. The van der Waals surface area contributed by atoms with Crippen molar-refractivity contribution in [1.82, 2.24) is 4.98 Å². The largest absolute Gasteiger partial charge is 0.256 e. The van der Waals surface area contributed by atoms with Crippen LogP contribution >= 0.6 is 11.3 Å². The Morgan fingerprint density at radius 2 is 1.67 bits per heavy atom. The van der Waals surface area contributed by atoms with E-state index in [2.05, 4.69) is 88.2 Å². The smallest absolute Gasteiger partial charge is 0.0804 e. The first kappa shape index (κ1) is 18.4. The number of fused-ring (bicyclic) bond motifs is 3. The third-order valence-corrected chi connectivity index (χ3v) is 8.20. The van der Waals surface area contributed by atoms with E-state index in [1.54, 1.807) is 0 Å². The van der Waals surface area contributed by atoms with Crippen LogP contribution < -0.4 is 5.19 Å². The first-order valence-electron chi connectivity index (χ1n) is 9.74. The lowest BCUT2D eigenvalue weighted by molar-refractivity contribution is 0.646. The highest BCUT2D eigenvalue weighted by molar-refractivity contribution is 7.25. The van der Waals surface area contributed by atoms with Crippen molar-refractivity contribution in [3.63, 3.8) is 0 Å². The summed E-state index contributed by atoms with van der Waals surface area (Å²) in [7, 11) is -1.51. The van der Waals surface area contributed by atoms with Crippen LogP contribution in [0.15, 0.2) is 54.7 Å². The van der Waals surface area contributed by atoms with E-state index in [-0.39, 0.29) is 0 Å². The molecule has 3 heteroatoms. The molecule has 138 valence electrons. The molecular weight excluding hydrogens is 362 g/mol. The second-order valence-electron chi connectivity index (χ2n) is 8.90. The Morgan fingerprint density at radius 3 is 2.41 bits per heavy atom. The van der Waals surface area contributed by atoms with Crippen molar-refractivity contribution in [2.75, 3.05) is 0 Å². The van der Waals surface area contributed by atoms with Crippen LogP contribution in [0.3, 0.4) is 0 Å². The quantitative estimate of drug-likeness (QED) is 0.347. The maximum absolute atomic E-state index is 4.98. The molecule has 4 rings (SSSR count). The fourth-order valence-electron chi connectivity index (χ4n) is 3.77. The molecule has 0 aliphatic carbocycles. The Morgan fingerprint density at radius 1 is 0.926 bits per heavy atom. The summed E-state index contributed by atoms with van der Waals surface area (Å²) in [5, 5.41) is 4.17. The second-order valence-corrected chi connectivity index (χ2v) is 15.0. The lowest BCUT2D eigenvalue weighted by atomic mass is 10.0. The molecule has 0 aliphatic rings. The molecule has 0 saturated heterocycles. The van der Waals surface area contributed by atoms with Gasteiger partial charge in [0.25, 0.3) is 0 Å². The van der Waals surface area contributed by atoms with Crippen molar-refractivity contribution in [2.24, 2.45) is 5.92 Å². The molecule has 0 atom stereocenters. The monoisotopic (exact) mass is 389 g/mol. The number of pyridine rings is 1. The van der Waals surface area contributed by atoms with Crippen molar-refractivity contribution in [2.45, 2.75) is 39.9 Å². The lowest BCUT2D eigenvalue weighted by Gasteiger charge is -2.22. The van der Waals surface area contributed by atoms with E-state index in [9.17, 15) is 0 Å². The van der Waals surface area contributed by atoms with Crippen molar-refractivity contribution >= 4 is 44.8 Å². The number of thiophene rings is 1. The summed E-state index contributed by atoms with van der Waals surface area (Å²) in [6.45, 7) is 11.8. The van der Waals surface area contributed by atoms with Gasteiger partial charge < -0.3 is 0 Å². The first-order chi connectivity index (χ1) is 12.8. The molecule has 0 saturated carbocycles. The fraction of sp³-hybridized carbons (Fsp3) is 0.292. The van der Waals surface area contributed by atoms with Crippen LogP contribution in [0.25, 0.3) is 31.4 Å². The minimum Gasteiger partial charge on any atom is -0.256 e. The van der Waals surface area contributed by atoms with Gasteiger partial charge in [-0.15, -0.1) is 11.3 Å². The van der Waals surface area contributed by atoms with Gasteiger partial charge in [-0.3, -0.25) is 4.98 Å². The average Bonchev–Trinajstić information content (AvgIpc) is 2.98. The van der Waals surface area contributed by atoms with E-state index >= 15 is 0 Å². The van der Waals surface area contributed by atoms with Gasteiger partial charge in [0.2, 0.25) is 0 Å². The molecule has 0 spiro atoms. The molecule has 2 heterocycles. The summed E-state index contributed by atoms with van der Waals surface area (Å²) >= 11 is 1.87. The predicted molar refractivity (Wildman–Crippen MR) is 124 cm³/mol. The van der Waals surface area contributed by atoms with Crippen LogP contribution in [0, 0.1) is 5.92 Å². The van der Waals surface area contributed by atoms with Crippen LogP contribution in [0.1, 0.15) is 19.4 Å². The Labute approximate surface area is 167 Å². The third kappa shape index (κ3) is 3.58. The van der Waals surface area contributed by atoms with Gasteiger partial charge in [0.05, 0.1) is 13.8 Å². The second kappa shape index (κ2) is 6.88. The van der Waals surface area contributed by atoms with Gasteiger partial charge in [-0.05, 0) is 41.3 Å². The van der Waals surface area contributed by atoms with Gasteiger partial charge in [0.15, 0.2) is 0 Å². The maximum atomic E-state index is 4.98. The molecule has 27 heavy (non-hydrogen) atoms. The van der Waals surface area contributed by atoms with Crippen LogP contribution in [0.2, 0.25) is 19.6 Å². The summed E-state index contributed by atoms with van der Waals surface area (Å²) in [4.78, 5) is 4.98. The summed E-state index contributed by atoms with van der Waals surface area (Å²) < 4.78 is 2.71. The third-order valence-electron chi connectivity index (χ3n) is 5.05. The standard InChI is InChI=1S/C24H27NSSi/c1-16(2)12-17-13-23(27(3,4)5)24(25-15-17)18-10-11-22-20(14-18)19-8-6-7-9-21(19)26-22/h6-11,13-16H,12H2,1-5H3. The summed E-state index contributed by atoms with van der Waals surface area (Å²) in [5.74, 6) is 0.653. The zero-order chi connectivity index (χ0) is 19.2. The number of benzene rings is 2. The topological polar surface area (TPSA) is 12.9 Å². The van der Waals surface area contributed by atoms with Crippen molar-refractivity contribution in [3.05, 3.63) is 60.3 Å². The summed E-state index contributed by atoms with van der Waals surface area (Å²) in [5.41, 5.74) is 3.80. The molecule has 0 amide bonds. The van der Waals surface area contributed by atoms with Crippen LogP contribution in [-0.2, 0) is 6.42 Å².